The average Bonchev–Trinajstić information content (AvgIpc) is 3.46. The van der Waals surface area contributed by atoms with Crippen molar-refractivity contribution in [3.05, 3.63) is 76.4 Å². The van der Waals surface area contributed by atoms with Gasteiger partial charge in [0.15, 0.2) is 0 Å². The number of carbonyl (C=O) groups excluding carboxylic acids is 1. The summed E-state index contributed by atoms with van der Waals surface area (Å²) < 4.78 is 74.6. The summed E-state index contributed by atoms with van der Waals surface area (Å²) in [6, 6.07) is 9.79. The van der Waals surface area contributed by atoms with Crippen LogP contribution in [0.2, 0.25) is 0 Å². The minimum atomic E-state index is -4.62. The van der Waals surface area contributed by atoms with Crippen LogP contribution >= 0.6 is 0 Å². The monoisotopic (exact) mass is 589 g/mol. The maximum Gasteiger partial charge on any atom is 0.416 e. The number of anilines is 1. The lowest BCUT2D eigenvalue weighted by molar-refractivity contribution is -0.192. The molecular formula is C30H32F5N5O2. The van der Waals surface area contributed by atoms with Crippen LogP contribution in [0.4, 0.5) is 27.6 Å². The van der Waals surface area contributed by atoms with E-state index in [0.717, 1.165) is 30.9 Å². The Labute approximate surface area is 240 Å². The highest BCUT2D eigenvalue weighted by atomic mass is 19.4. The molecule has 1 aliphatic heterocycles. The van der Waals surface area contributed by atoms with E-state index in [4.69, 9.17) is 0 Å². The van der Waals surface area contributed by atoms with Crippen LogP contribution in [0.5, 0.6) is 0 Å². The lowest BCUT2D eigenvalue weighted by Crippen LogP contribution is -2.47. The van der Waals surface area contributed by atoms with Crippen molar-refractivity contribution in [1.82, 2.24) is 20.1 Å². The number of nitrogens with one attached hydrogen (secondary N) is 1. The van der Waals surface area contributed by atoms with Gasteiger partial charge in [0.25, 0.3) is 5.91 Å². The number of rotatable bonds is 9. The van der Waals surface area contributed by atoms with E-state index in [1.807, 2.05) is 6.07 Å². The number of carbonyl (C=O) groups is 1. The first kappa shape index (κ1) is 28.7. The van der Waals surface area contributed by atoms with E-state index in [9.17, 15) is 26.7 Å². The largest absolute Gasteiger partial charge is 0.416 e. The molecule has 0 spiro atoms. The zero-order valence-electron chi connectivity index (χ0n) is 23.3. The standard InChI is InChI=1S/C30H32F5N5O2/c1-29(7-4-8-29)36-14-17-9-22-23(24(10-17)30(33,34)35)15-40(27(22)41)20-6-3-5-18(11-20)25(26-38-37-16-39(26)2)19-12-21(13-19)42-28(31)32/h3,5-6,9-11,16,19,21,25,28,36H,4,7-8,12-15H2,1-2H3/t19?,21?,25-/m0/s1. The Morgan fingerprint density at radius 3 is 2.55 bits per heavy atom. The number of halogens is 5. The summed E-state index contributed by atoms with van der Waals surface area (Å²) in [5.41, 5.74) is 0.774. The van der Waals surface area contributed by atoms with E-state index in [2.05, 4.69) is 27.2 Å². The van der Waals surface area contributed by atoms with Crippen molar-refractivity contribution in [1.29, 1.82) is 0 Å². The summed E-state index contributed by atoms with van der Waals surface area (Å²) in [6.45, 7) is -0.764. The fourth-order valence-corrected chi connectivity index (χ4v) is 6.46. The minimum Gasteiger partial charge on any atom is -0.320 e. The molecule has 1 amide bonds. The van der Waals surface area contributed by atoms with Gasteiger partial charge in [-0.15, -0.1) is 10.2 Å². The lowest BCUT2D eigenvalue weighted by Gasteiger charge is -2.39. The molecule has 0 saturated heterocycles. The molecule has 2 aromatic carbocycles. The molecule has 42 heavy (non-hydrogen) atoms. The van der Waals surface area contributed by atoms with Crippen molar-refractivity contribution in [2.75, 3.05) is 4.90 Å². The number of alkyl halides is 5. The van der Waals surface area contributed by atoms with E-state index >= 15 is 0 Å². The summed E-state index contributed by atoms with van der Waals surface area (Å²) in [7, 11) is 1.79. The summed E-state index contributed by atoms with van der Waals surface area (Å²) >= 11 is 0. The molecule has 224 valence electrons. The summed E-state index contributed by atoms with van der Waals surface area (Å²) in [5, 5.41) is 11.6. The first-order valence-electron chi connectivity index (χ1n) is 14.1. The highest BCUT2D eigenvalue weighted by molar-refractivity contribution is 6.10. The molecule has 1 N–H and O–H groups in total. The van der Waals surface area contributed by atoms with Crippen LogP contribution in [-0.2, 0) is 31.1 Å². The van der Waals surface area contributed by atoms with Crippen molar-refractivity contribution in [3.8, 4) is 0 Å². The maximum atomic E-state index is 14.2. The van der Waals surface area contributed by atoms with Crippen molar-refractivity contribution < 1.29 is 31.5 Å². The highest BCUT2D eigenvalue weighted by Crippen LogP contribution is 2.46. The molecule has 2 aliphatic carbocycles. The summed E-state index contributed by atoms with van der Waals surface area (Å²) in [4.78, 5) is 15.0. The first-order valence-corrected chi connectivity index (χ1v) is 14.1. The zero-order chi connectivity index (χ0) is 29.8. The number of amides is 1. The first-order chi connectivity index (χ1) is 19.9. The third-order valence-corrected chi connectivity index (χ3v) is 9.05. The molecule has 2 saturated carbocycles. The molecule has 6 rings (SSSR count). The van der Waals surface area contributed by atoms with E-state index in [1.165, 1.54) is 4.90 Å². The lowest BCUT2D eigenvalue weighted by atomic mass is 9.70. The van der Waals surface area contributed by atoms with E-state index in [1.54, 1.807) is 42.2 Å². The van der Waals surface area contributed by atoms with Crippen LogP contribution in [0.1, 0.15) is 83.4 Å². The molecule has 1 aromatic heterocycles. The Balaban J connectivity index is 1.30. The minimum absolute atomic E-state index is 0.0349. The summed E-state index contributed by atoms with van der Waals surface area (Å²) in [6.07, 6.45) is 0.156. The van der Waals surface area contributed by atoms with Crippen LogP contribution < -0.4 is 10.2 Å². The van der Waals surface area contributed by atoms with Crippen LogP contribution in [0.25, 0.3) is 0 Å². The number of ether oxygens (including phenoxy) is 1. The Hall–Kier alpha value is -3.38. The fourth-order valence-electron chi connectivity index (χ4n) is 6.46. The van der Waals surface area contributed by atoms with E-state index in [0.29, 0.717) is 29.9 Å². The molecule has 1 atom stereocenters. The summed E-state index contributed by atoms with van der Waals surface area (Å²) in [5.74, 6) is -0.261. The number of hydrogen-bond donors (Lipinski definition) is 1. The Morgan fingerprint density at radius 1 is 1.17 bits per heavy atom. The molecule has 2 fully saturated rings. The third kappa shape index (κ3) is 5.42. The van der Waals surface area contributed by atoms with Gasteiger partial charge in [0, 0.05) is 36.3 Å². The van der Waals surface area contributed by atoms with Crippen molar-refractivity contribution in [2.45, 2.75) is 82.5 Å². The van der Waals surface area contributed by atoms with Crippen LogP contribution in [-0.4, -0.2) is 38.9 Å². The fraction of sp³-hybridized carbons (Fsp3) is 0.500. The van der Waals surface area contributed by atoms with Crippen molar-refractivity contribution >= 4 is 11.6 Å². The van der Waals surface area contributed by atoms with Gasteiger partial charge in [0.2, 0.25) is 0 Å². The van der Waals surface area contributed by atoms with Gasteiger partial charge < -0.3 is 19.5 Å². The molecule has 12 heteroatoms. The zero-order valence-corrected chi connectivity index (χ0v) is 23.3. The number of aromatic nitrogens is 3. The normalized spacial score (nSPS) is 22.2. The predicted octanol–water partition coefficient (Wildman–Crippen LogP) is 6.18. The molecule has 0 unspecified atom stereocenters. The molecule has 3 aliphatic rings. The Morgan fingerprint density at radius 2 is 1.93 bits per heavy atom. The van der Waals surface area contributed by atoms with Gasteiger partial charge >= 0.3 is 12.8 Å². The smallest absolute Gasteiger partial charge is 0.320 e. The SMILES string of the molecule is Cn1cnnc1[C@@H](c1cccc(N2Cc3c(cc(CNC4(C)CCC4)cc3C(F)(F)F)C2=O)c1)C1CC(OC(F)F)C1. The van der Waals surface area contributed by atoms with Gasteiger partial charge in [0.05, 0.1) is 18.2 Å². The topological polar surface area (TPSA) is 72.3 Å². The highest BCUT2D eigenvalue weighted by Gasteiger charge is 2.43. The number of fused-ring (bicyclic) bond motifs is 1. The average molecular weight is 590 g/mol. The van der Waals surface area contributed by atoms with Gasteiger partial charge in [-0.3, -0.25) is 4.79 Å². The van der Waals surface area contributed by atoms with E-state index in [-0.39, 0.29) is 41.6 Å². The van der Waals surface area contributed by atoms with Crippen LogP contribution in [0.3, 0.4) is 0 Å². The van der Waals surface area contributed by atoms with Crippen LogP contribution in [0, 0.1) is 5.92 Å². The van der Waals surface area contributed by atoms with Crippen LogP contribution in [0.15, 0.2) is 42.7 Å². The second-order valence-corrected chi connectivity index (χ2v) is 11.9. The Bertz CT molecular complexity index is 1480. The number of nitrogens with zero attached hydrogens (tertiary/aromatic N) is 4. The second kappa shape index (κ2) is 10.7. The van der Waals surface area contributed by atoms with Crippen molar-refractivity contribution in [3.63, 3.8) is 0 Å². The Kier molecular flexibility index (Phi) is 7.33. The van der Waals surface area contributed by atoms with Gasteiger partial charge in [-0.1, -0.05) is 12.1 Å². The molecular weight excluding hydrogens is 557 g/mol. The third-order valence-electron chi connectivity index (χ3n) is 9.05. The van der Waals surface area contributed by atoms with Gasteiger partial charge in [-0.25, -0.2) is 0 Å². The van der Waals surface area contributed by atoms with Gasteiger partial charge in [0.1, 0.15) is 12.2 Å². The number of hydrogen-bond acceptors (Lipinski definition) is 5. The molecule has 3 aromatic rings. The van der Waals surface area contributed by atoms with Crippen molar-refractivity contribution in [2.24, 2.45) is 13.0 Å². The van der Waals surface area contributed by atoms with Gasteiger partial charge in [-0.05, 0) is 85.9 Å². The number of aryl methyl sites for hydroxylation is 1. The molecule has 0 radical (unpaired) electrons. The quantitative estimate of drug-likeness (QED) is 0.302. The number of benzene rings is 2. The van der Waals surface area contributed by atoms with Gasteiger partial charge in [-0.2, -0.15) is 22.0 Å². The molecule has 2 heterocycles. The predicted molar refractivity (Wildman–Crippen MR) is 144 cm³/mol. The second-order valence-electron chi connectivity index (χ2n) is 11.9. The van der Waals surface area contributed by atoms with E-state index < -0.39 is 30.4 Å². The molecule has 7 nitrogen and oxygen atoms in total. The molecule has 0 bridgehead atoms. The maximum absolute atomic E-state index is 14.2.